The number of aliphatic hydroxyl groups is 1. The molecule has 0 aromatic heterocycles. The monoisotopic (exact) mass is 258 g/mol. The molecule has 2 aliphatic carbocycles. The van der Waals surface area contributed by atoms with Gasteiger partial charge >= 0.3 is 5.97 Å². The van der Waals surface area contributed by atoms with Gasteiger partial charge in [0.25, 0.3) is 0 Å². The van der Waals surface area contributed by atoms with Gasteiger partial charge in [-0.15, -0.1) is 0 Å². The third-order valence-electron chi connectivity index (χ3n) is 3.09. The first kappa shape index (κ1) is 13.6. The first-order valence-corrected chi connectivity index (χ1v) is 6.56. The molecule has 19 heavy (non-hydrogen) atoms. The van der Waals surface area contributed by atoms with Crippen molar-refractivity contribution in [2.75, 3.05) is 13.2 Å². The van der Waals surface area contributed by atoms with E-state index in [1.165, 1.54) is 0 Å². The van der Waals surface area contributed by atoms with Crippen LogP contribution in [0.2, 0.25) is 0 Å². The summed E-state index contributed by atoms with van der Waals surface area (Å²) in [6.45, 7) is 2.33. The van der Waals surface area contributed by atoms with Gasteiger partial charge in [0.1, 0.15) is 0 Å². The van der Waals surface area contributed by atoms with Crippen LogP contribution >= 0.6 is 0 Å². The lowest BCUT2D eigenvalue weighted by atomic mass is 10.1. The molecule has 1 N–H and O–H groups in total. The van der Waals surface area contributed by atoms with Crippen LogP contribution in [0.15, 0.2) is 36.4 Å². The average Bonchev–Trinajstić information content (AvgIpc) is 2.60. The normalized spacial score (nSPS) is 10.6. The minimum absolute atomic E-state index is 0.153. The van der Waals surface area contributed by atoms with Gasteiger partial charge in [-0.05, 0) is 42.5 Å². The Morgan fingerprint density at radius 2 is 1.95 bits per heavy atom. The molecule has 0 unspecified atom stereocenters. The zero-order valence-electron chi connectivity index (χ0n) is 11.1. The highest BCUT2D eigenvalue weighted by atomic mass is 16.5. The van der Waals surface area contributed by atoms with Crippen molar-refractivity contribution in [1.82, 2.24) is 0 Å². The van der Waals surface area contributed by atoms with Crippen molar-refractivity contribution in [2.24, 2.45) is 0 Å². The van der Waals surface area contributed by atoms with Crippen LogP contribution in [0.4, 0.5) is 0 Å². The van der Waals surface area contributed by atoms with E-state index in [0.29, 0.717) is 18.6 Å². The Morgan fingerprint density at radius 3 is 2.63 bits per heavy atom. The second kappa shape index (κ2) is 6.34. The number of ether oxygens (including phenoxy) is 1. The van der Waals surface area contributed by atoms with Crippen LogP contribution in [0, 0.1) is 0 Å². The van der Waals surface area contributed by atoms with Crippen LogP contribution in [0.5, 0.6) is 0 Å². The predicted molar refractivity (Wildman–Crippen MR) is 74.4 cm³/mol. The van der Waals surface area contributed by atoms with E-state index in [1.807, 2.05) is 36.4 Å². The summed E-state index contributed by atoms with van der Waals surface area (Å²) < 4.78 is 5.10. The number of rotatable bonds is 5. The van der Waals surface area contributed by atoms with Gasteiger partial charge in [-0.2, -0.15) is 0 Å². The molecule has 0 fully saturated rings. The molecule has 0 saturated heterocycles. The van der Waals surface area contributed by atoms with Crippen LogP contribution in [-0.2, 0) is 11.2 Å². The molecule has 0 heterocycles. The van der Waals surface area contributed by atoms with E-state index in [4.69, 9.17) is 9.84 Å². The molecule has 0 atom stereocenters. The highest BCUT2D eigenvalue weighted by molar-refractivity contribution is 6.00. The summed E-state index contributed by atoms with van der Waals surface area (Å²) in [4.78, 5) is 12.0. The molecule has 0 aromatic carbocycles. The van der Waals surface area contributed by atoms with E-state index in [-0.39, 0.29) is 12.6 Å². The Labute approximate surface area is 113 Å². The minimum atomic E-state index is -0.283. The van der Waals surface area contributed by atoms with Crippen LogP contribution in [0.3, 0.4) is 0 Å². The summed E-state index contributed by atoms with van der Waals surface area (Å²) in [5.41, 5.74) is 3.67. The Kier molecular flexibility index (Phi) is 4.53. The molecule has 0 amide bonds. The fraction of sp³-hybridized carbons (Fsp3) is 0.312. The van der Waals surface area contributed by atoms with E-state index in [9.17, 15) is 4.79 Å². The number of fused-ring (bicyclic) bond motifs is 1. The van der Waals surface area contributed by atoms with Crippen LogP contribution in [-0.4, -0.2) is 24.3 Å². The fourth-order valence-electron chi connectivity index (χ4n) is 2.25. The first-order valence-electron chi connectivity index (χ1n) is 6.56. The predicted octanol–water partition coefficient (Wildman–Crippen LogP) is 2.89. The molecule has 3 heteroatoms. The van der Waals surface area contributed by atoms with Gasteiger partial charge in [-0.25, -0.2) is 4.79 Å². The first-order chi connectivity index (χ1) is 9.27. The Hall–Kier alpha value is -1.87. The number of carbonyl (C=O) groups is 1. The third-order valence-corrected chi connectivity index (χ3v) is 3.09. The molecule has 0 spiro atoms. The largest absolute Gasteiger partial charge is 0.462 e. The molecule has 2 rings (SSSR count). The Balaban J connectivity index is 2.45. The number of aryl methyl sites for hydroxylation is 1. The molecule has 3 nitrogen and oxygen atoms in total. The van der Waals surface area contributed by atoms with Gasteiger partial charge < -0.3 is 9.84 Å². The van der Waals surface area contributed by atoms with Crippen molar-refractivity contribution in [3.63, 3.8) is 0 Å². The van der Waals surface area contributed by atoms with Gasteiger partial charge in [0.2, 0.25) is 0 Å². The lowest BCUT2D eigenvalue weighted by Crippen LogP contribution is -2.03. The molecule has 0 aromatic rings. The Bertz CT molecular complexity index is 534. The van der Waals surface area contributed by atoms with Crippen molar-refractivity contribution in [3.05, 3.63) is 47.5 Å². The highest BCUT2D eigenvalue weighted by Crippen LogP contribution is 2.33. The number of aliphatic hydroxyl groups excluding tert-OH is 1. The molecular formula is C16H18O3. The molecule has 0 radical (unpaired) electrons. The summed E-state index contributed by atoms with van der Waals surface area (Å²) in [6.07, 6.45) is 1.45. The van der Waals surface area contributed by atoms with E-state index in [0.717, 1.165) is 23.1 Å². The topological polar surface area (TPSA) is 46.5 Å². The molecule has 0 saturated carbocycles. The van der Waals surface area contributed by atoms with Gasteiger partial charge in [0, 0.05) is 6.61 Å². The summed E-state index contributed by atoms with van der Waals surface area (Å²) >= 11 is 0. The van der Waals surface area contributed by atoms with Gasteiger partial charge in [0.15, 0.2) is 0 Å². The van der Waals surface area contributed by atoms with Gasteiger partial charge in [0.05, 0.1) is 12.2 Å². The lowest BCUT2D eigenvalue weighted by molar-refractivity contribution is 0.0527. The molecule has 2 aliphatic rings. The van der Waals surface area contributed by atoms with Crippen LogP contribution in [0.1, 0.15) is 29.3 Å². The summed E-state index contributed by atoms with van der Waals surface area (Å²) in [5, 5.41) is 8.96. The van der Waals surface area contributed by atoms with Crippen molar-refractivity contribution in [2.45, 2.75) is 19.8 Å². The van der Waals surface area contributed by atoms with Crippen LogP contribution in [0.25, 0.3) is 11.1 Å². The maximum atomic E-state index is 12.0. The second-order valence-corrected chi connectivity index (χ2v) is 4.37. The zero-order chi connectivity index (χ0) is 13.7. The fourth-order valence-corrected chi connectivity index (χ4v) is 2.25. The second-order valence-electron chi connectivity index (χ2n) is 4.37. The molecule has 0 bridgehead atoms. The summed E-state index contributed by atoms with van der Waals surface area (Å²) in [5.74, 6) is -0.283. The van der Waals surface area contributed by atoms with E-state index >= 15 is 0 Å². The SMILES string of the molecule is CCOC(=O)c1cc(CCCO)c2cccccc1-2. The van der Waals surface area contributed by atoms with Crippen molar-refractivity contribution in [3.8, 4) is 11.1 Å². The van der Waals surface area contributed by atoms with Crippen molar-refractivity contribution >= 4 is 5.97 Å². The molecule has 100 valence electrons. The molecular weight excluding hydrogens is 240 g/mol. The van der Waals surface area contributed by atoms with Crippen molar-refractivity contribution < 1.29 is 14.6 Å². The van der Waals surface area contributed by atoms with Crippen molar-refractivity contribution in [1.29, 1.82) is 0 Å². The van der Waals surface area contributed by atoms with Crippen LogP contribution < -0.4 is 0 Å². The molecule has 0 aliphatic heterocycles. The minimum Gasteiger partial charge on any atom is -0.462 e. The van der Waals surface area contributed by atoms with E-state index < -0.39 is 0 Å². The van der Waals surface area contributed by atoms with E-state index in [2.05, 4.69) is 0 Å². The summed E-state index contributed by atoms with van der Waals surface area (Å²) in [7, 11) is 0. The maximum Gasteiger partial charge on any atom is 0.338 e. The zero-order valence-corrected chi connectivity index (χ0v) is 11.1. The average molecular weight is 258 g/mol. The lowest BCUT2D eigenvalue weighted by Gasteiger charge is -2.02. The number of hydrogen-bond donors (Lipinski definition) is 1. The number of hydrogen-bond acceptors (Lipinski definition) is 3. The number of esters is 1. The quantitative estimate of drug-likeness (QED) is 0.839. The standard InChI is InChI=1S/C16H18O3/c1-2-19-16(18)15-11-12(7-6-10-17)13-8-4-3-5-9-14(13)15/h3-5,8-9,11,17H,2,6-7,10H2,1H3. The smallest absolute Gasteiger partial charge is 0.338 e. The third kappa shape index (κ3) is 2.93. The highest BCUT2D eigenvalue weighted by Gasteiger charge is 2.20. The summed E-state index contributed by atoms with van der Waals surface area (Å²) in [6, 6.07) is 11.6. The van der Waals surface area contributed by atoms with E-state index in [1.54, 1.807) is 6.92 Å². The number of carbonyl (C=O) groups excluding carboxylic acids is 1. The van der Waals surface area contributed by atoms with Gasteiger partial charge in [-0.3, -0.25) is 0 Å². The Morgan fingerprint density at radius 1 is 1.21 bits per heavy atom. The van der Waals surface area contributed by atoms with Gasteiger partial charge in [-0.1, -0.05) is 30.3 Å². The maximum absolute atomic E-state index is 12.0.